The zero-order chi connectivity index (χ0) is 13.9. The molecule has 0 aromatic carbocycles. The number of nitrogens with one attached hydrogen (secondary N) is 1. The predicted molar refractivity (Wildman–Crippen MR) is 70.6 cm³/mol. The normalized spacial score (nSPS) is 17.6. The molecule has 1 aliphatic heterocycles. The van der Waals surface area contributed by atoms with E-state index in [1.54, 1.807) is 6.20 Å². The minimum atomic E-state index is -0.592. The van der Waals surface area contributed by atoms with Crippen molar-refractivity contribution in [1.82, 2.24) is 19.9 Å². The summed E-state index contributed by atoms with van der Waals surface area (Å²) in [5.41, 5.74) is 0.0409. The fourth-order valence-corrected chi connectivity index (χ4v) is 2.50. The van der Waals surface area contributed by atoms with Crippen LogP contribution in [0, 0.1) is 11.7 Å². The van der Waals surface area contributed by atoms with Gasteiger partial charge in [0, 0.05) is 38.1 Å². The fourth-order valence-electron chi connectivity index (χ4n) is 2.50. The molecule has 3 heterocycles. The Balaban J connectivity index is 1.58. The average molecular weight is 274 g/mol. The summed E-state index contributed by atoms with van der Waals surface area (Å²) in [6.45, 7) is 1.38. The average Bonchev–Trinajstić information content (AvgIpc) is 2.92. The van der Waals surface area contributed by atoms with E-state index in [0.717, 1.165) is 31.4 Å². The van der Waals surface area contributed by atoms with Crippen molar-refractivity contribution in [2.24, 2.45) is 5.92 Å². The van der Waals surface area contributed by atoms with E-state index < -0.39 is 5.82 Å². The number of hydrogen-bond acceptors (Lipinski definition) is 3. The second-order valence-electron chi connectivity index (χ2n) is 4.97. The highest BCUT2D eigenvalue weighted by Crippen LogP contribution is 2.18. The lowest BCUT2D eigenvalue weighted by molar-refractivity contribution is 0.0939. The van der Waals surface area contributed by atoms with Crippen LogP contribution >= 0.6 is 0 Å². The third kappa shape index (κ3) is 2.54. The van der Waals surface area contributed by atoms with E-state index in [1.165, 1.54) is 12.3 Å². The molecule has 0 saturated heterocycles. The highest BCUT2D eigenvalue weighted by atomic mass is 19.1. The first kappa shape index (κ1) is 12.8. The van der Waals surface area contributed by atoms with Gasteiger partial charge >= 0.3 is 0 Å². The van der Waals surface area contributed by atoms with Gasteiger partial charge in [-0.25, -0.2) is 9.37 Å². The molecule has 0 unspecified atom stereocenters. The summed E-state index contributed by atoms with van der Waals surface area (Å²) in [4.78, 5) is 19.8. The van der Waals surface area contributed by atoms with E-state index in [4.69, 9.17) is 0 Å². The number of aromatic nitrogens is 3. The van der Waals surface area contributed by atoms with Gasteiger partial charge in [-0.15, -0.1) is 0 Å². The first-order valence-electron chi connectivity index (χ1n) is 6.62. The number of aryl methyl sites for hydroxylation is 1. The van der Waals surface area contributed by atoms with Crippen molar-refractivity contribution in [3.63, 3.8) is 0 Å². The third-order valence-corrected chi connectivity index (χ3v) is 3.60. The standard InChI is InChI=1S/C14H15FN4O/c15-12-8-16-4-3-11(12)14(20)18-7-10-1-2-13-17-5-6-19(13)9-10/h3-6,8,10H,1-2,7,9H2,(H,18,20)/t10-/m1/s1. The van der Waals surface area contributed by atoms with Crippen LogP contribution in [-0.2, 0) is 13.0 Å². The lowest BCUT2D eigenvalue weighted by Crippen LogP contribution is -2.34. The van der Waals surface area contributed by atoms with Gasteiger partial charge in [0.15, 0.2) is 5.82 Å². The van der Waals surface area contributed by atoms with Crippen LogP contribution in [0.5, 0.6) is 0 Å². The molecule has 2 aromatic heterocycles. The van der Waals surface area contributed by atoms with Crippen molar-refractivity contribution in [3.05, 3.63) is 48.1 Å². The van der Waals surface area contributed by atoms with Gasteiger partial charge in [0.2, 0.25) is 0 Å². The van der Waals surface area contributed by atoms with E-state index in [-0.39, 0.29) is 11.5 Å². The number of rotatable bonds is 3. The molecule has 1 amide bonds. The second kappa shape index (κ2) is 5.40. The van der Waals surface area contributed by atoms with Crippen molar-refractivity contribution >= 4 is 5.91 Å². The van der Waals surface area contributed by atoms with Crippen LogP contribution in [0.25, 0.3) is 0 Å². The molecule has 3 rings (SSSR count). The van der Waals surface area contributed by atoms with Crippen LogP contribution < -0.4 is 5.32 Å². The van der Waals surface area contributed by atoms with Gasteiger partial charge in [-0.1, -0.05) is 0 Å². The Kier molecular flexibility index (Phi) is 3.45. The first-order chi connectivity index (χ1) is 9.74. The molecule has 0 bridgehead atoms. The minimum Gasteiger partial charge on any atom is -0.352 e. The molecule has 1 aliphatic rings. The Morgan fingerprint density at radius 1 is 1.50 bits per heavy atom. The van der Waals surface area contributed by atoms with E-state index in [2.05, 4.69) is 19.9 Å². The maximum atomic E-state index is 13.4. The highest BCUT2D eigenvalue weighted by Gasteiger charge is 2.20. The lowest BCUT2D eigenvalue weighted by atomic mass is 9.99. The zero-order valence-electron chi connectivity index (χ0n) is 10.9. The molecule has 0 saturated carbocycles. The number of carbonyl (C=O) groups is 1. The Hall–Kier alpha value is -2.24. The molecular weight excluding hydrogens is 259 g/mol. The van der Waals surface area contributed by atoms with E-state index in [9.17, 15) is 9.18 Å². The Morgan fingerprint density at radius 2 is 2.40 bits per heavy atom. The lowest BCUT2D eigenvalue weighted by Gasteiger charge is -2.23. The number of nitrogens with zero attached hydrogens (tertiary/aromatic N) is 3. The summed E-state index contributed by atoms with van der Waals surface area (Å²) in [6.07, 6.45) is 8.10. The highest BCUT2D eigenvalue weighted by molar-refractivity contribution is 5.94. The quantitative estimate of drug-likeness (QED) is 0.920. The zero-order valence-corrected chi connectivity index (χ0v) is 10.9. The van der Waals surface area contributed by atoms with Gasteiger partial charge in [-0.05, 0) is 18.4 Å². The molecule has 0 spiro atoms. The Morgan fingerprint density at radius 3 is 3.25 bits per heavy atom. The number of carbonyl (C=O) groups excluding carboxylic acids is 1. The molecule has 5 nitrogen and oxygen atoms in total. The van der Waals surface area contributed by atoms with Gasteiger partial charge < -0.3 is 9.88 Å². The Labute approximate surface area is 115 Å². The largest absolute Gasteiger partial charge is 0.352 e. The van der Waals surface area contributed by atoms with Crippen LogP contribution in [0.2, 0.25) is 0 Å². The summed E-state index contributed by atoms with van der Waals surface area (Å²) >= 11 is 0. The second-order valence-corrected chi connectivity index (χ2v) is 4.97. The molecule has 0 aliphatic carbocycles. The van der Waals surface area contributed by atoms with E-state index in [0.29, 0.717) is 12.5 Å². The summed E-state index contributed by atoms with van der Waals surface area (Å²) < 4.78 is 15.5. The number of pyridine rings is 1. The number of amides is 1. The minimum absolute atomic E-state index is 0.0409. The summed E-state index contributed by atoms with van der Waals surface area (Å²) in [5.74, 6) is 0.463. The van der Waals surface area contributed by atoms with Crippen molar-refractivity contribution in [1.29, 1.82) is 0 Å². The van der Waals surface area contributed by atoms with Gasteiger partial charge in [0.1, 0.15) is 5.82 Å². The number of hydrogen-bond donors (Lipinski definition) is 1. The summed E-state index contributed by atoms with van der Waals surface area (Å²) in [7, 11) is 0. The molecule has 1 N–H and O–H groups in total. The summed E-state index contributed by atoms with van der Waals surface area (Å²) in [6, 6.07) is 1.39. The molecule has 1 atom stereocenters. The van der Waals surface area contributed by atoms with Crippen molar-refractivity contribution in [2.75, 3.05) is 6.54 Å². The molecule has 6 heteroatoms. The third-order valence-electron chi connectivity index (χ3n) is 3.60. The van der Waals surface area contributed by atoms with Crippen LogP contribution in [0.1, 0.15) is 22.6 Å². The van der Waals surface area contributed by atoms with E-state index in [1.807, 2.05) is 6.20 Å². The van der Waals surface area contributed by atoms with E-state index >= 15 is 0 Å². The van der Waals surface area contributed by atoms with Gasteiger partial charge in [0.05, 0.1) is 11.8 Å². The van der Waals surface area contributed by atoms with Crippen molar-refractivity contribution in [3.8, 4) is 0 Å². The fraction of sp³-hybridized carbons (Fsp3) is 0.357. The maximum Gasteiger partial charge on any atom is 0.254 e. The monoisotopic (exact) mass is 274 g/mol. The SMILES string of the molecule is O=C(NC[C@H]1CCc2nccn2C1)c1ccncc1F. The van der Waals surface area contributed by atoms with Crippen LogP contribution in [0.15, 0.2) is 30.9 Å². The van der Waals surface area contributed by atoms with Gasteiger partial charge in [0.25, 0.3) is 5.91 Å². The molecular formula is C14H15FN4O. The number of halogens is 1. The van der Waals surface area contributed by atoms with Crippen LogP contribution in [0.3, 0.4) is 0 Å². The number of imidazole rings is 1. The van der Waals surface area contributed by atoms with Crippen LogP contribution in [-0.4, -0.2) is 27.0 Å². The smallest absolute Gasteiger partial charge is 0.254 e. The van der Waals surface area contributed by atoms with Gasteiger partial charge in [-0.3, -0.25) is 9.78 Å². The molecule has 0 fully saturated rings. The van der Waals surface area contributed by atoms with Crippen molar-refractivity contribution < 1.29 is 9.18 Å². The molecule has 104 valence electrons. The maximum absolute atomic E-state index is 13.4. The molecule has 20 heavy (non-hydrogen) atoms. The topological polar surface area (TPSA) is 59.8 Å². The van der Waals surface area contributed by atoms with Crippen LogP contribution in [0.4, 0.5) is 4.39 Å². The number of fused-ring (bicyclic) bond motifs is 1. The predicted octanol–water partition coefficient (Wildman–Crippen LogP) is 1.41. The summed E-state index contributed by atoms with van der Waals surface area (Å²) in [5, 5.41) is 2.79. The molecule has 2 aromatic rings. The van der Waals surface area contributed by atoms with Gasteiger partial charge in [-0.2, -0.15) is 0 Å². The molecule has 0 radical (unpaired) electrons. The Bertz CT molecular complexity index is 625. The van der Waals surface area contributed by atoms with Crippen molar-refractivity contribution in [2.45, 2.75) is 19.4 Å². The first-order valence-corrected chi connectivity index (χ1v) is 6.62.